The molecule has 0 heterocycles. The average molecular weight is 298 g/mol. The fourth-order valence-corrected chi connectivity index (χ4v) is 2.04. The number of nitrogens with two attached hydrogens (primary N) is 1. The van der Waals surface area contributed by atoms with E-state index in [1.54, 1.807) is 42.5 Å². The molecule has 0 spiro atoms. The van der Waals surface area contributed by atoms with Crippen LogP contribution in [0.1, 0.15) is 22.8 Å². The van der Waals surface area contributed by atoms with Gasteiger partial charge in [-0.2, -0.15) is 0 Å². The third-order valence-electron chi connectivity index (χ3n) is 3.02. The maximum Gasteiger partial charge on any atom is 0.259 e. The Morgan fingerprint density at radius 1 is 1.09 bits per heavy atom. The van der Waals surface area contributed by atoms with E-state index < -0.39 is 0 Å². The lowest BCUT2D eigenvalue weighted by atomic mass is 10.1. The number of primary amides is 1. The van der Waals surface area contributed by atoms with Crippen molar-refractivity contribution in [2.75, 3.05) is 11.9 Å². The molecule has 5 heteroatoms. The van der Waals surface area contributed by atoms with Crippen LogP contribution in [0.2, 0.25) is 0 Å². The molecular weight excluding hydrogens is 280 g/mol. The molecule has 0 unspecified atom stereocenters. The fourth-order valence-electron chi connectivity index (χ4n) is 2.04. The predicted octanol–water partition coefficient (Wildman–Crippen LogP) is 2.37. The normalized spacial score (nSPS) is 10.0. The van der Waals surface area contributed by atoms with E-state index in [9.17, 15) is 9.59 Å². The molecule has 0 fully saturated rings. The van der Waals surface area contributed by atoms with E-state index in [1.807, 2.05) is 13.0 Å². The van der Waals surface area contributed by atoms with Gasteiger partial charge in [0, 0.05) is 5.69 Å². The molecule has 2 amide bonds. The number of ether oxygens (including phenoxy) is 1. The number of carbonyl (C=O) groups excluding carboxylic acids is 2. The van der Waals surface area contributed by atoms with Gasteiger partial charge in [-0.25, -0.2) is 0 Å². The SMILES string of the molecule is CCOc1ccccc1C(=O)Nc1ccc(CC(N)=O)cc1. The van der Waals surface area contributed by atoms with Crippen LogP contribution in [0, 0.1) is 0 Å². The Kier molecular flexibility index (Phi) is 5.14. The van der Waals surface area contributed by atoms with Crippen molar-refractivity contribution in [2.24, 2.45) is 5.73 Å². The summed E-state index contributed by atoms with van der Waals surface area (Å²) in [5.41, 5.74) is 7.07. The molecule has 5 nitrogen and oxygen atoms in total. The van der Waals surface area contributed by atoms with Gasteiger partial charge < -0.3 is 15.8 Å². The molecule has 0 radical (unpaired) electrons. The van der Waals surface area contributed by atoms with Crippen molar-refractivity contribution in [3.05, 3.63) is 59.7 Å². The number of hydrogen-bond acceptors (Lipinski definition) is 3. The molecule has 114 valence electrons. The molecule has 2 rings (SSSR count). The van der Waals surface area contributed by atoms with Crippen LogP contribution in [0.25, 0.3) is 0 Å². The van der Waals surface area contributed by atoms with Crippen molar-refractivity contribution in [1.29, 1.82) is 0 Å². The zero-order valence-corrected chi connectivity index (χ0v) is 12.3. The number of benzene rings is 2. The molecule has 2 aromatic rings. The molecule has 2 aromatic carbocycles. The first-order valence-corrected chi connectivity index (χ1v) is 7.00. The topological polar surface area (TPSA) is 81.4 Å². The van der Waals surface area contributed by atoms with Gasteiger partial charge in [-0.15, -0.1) is 0 Å². The van der Waals surface area contributed by atoms with E-state index in [-0.39, 0.29) is 18.2 Å². The smallest absolute Gasteiger partial charge is 0.259 e. The molecular formula is C17H18N2O3. The average Bonchev–Trinajstić information content (AvgIpc) is 2.49. The fraction of sp³-hybridized carbons (Fsp3) is 0.176. The van der Waals surface area contributed by atoms with Crippen LogP contribution >= 0.6 is 0 Å². The maximum absolute atomic E-state index is 12.3. The van der Waals surface area contributed by atoms with Crippen LogP contribution in [0.4, 0.5) is 5.69 Å². The summed E-state index contributed by atoms with van der Waals surface area (Å²) in [5, 5.41) is 2.80. The Balaban J connectivity index is 2.10. The lowest BCUT2D eigenvalue weighted by molar-refractivity contribution is -0.117. The molecule has 0 aliphatic rings. The number of anilines is 1. The van der Waals surface area contributed by atoms with Crippen molar-refractivity contribution < 1.29 is 14.3 Å². The van der Waals surface area contributed by atoms with Gasteiger partial charge in [0.05, 0.1) is 18.6 Å². The largest absolute Gasteiger partial charge is 0.493 e. The summed E-state index contributed by atoms with van der Waals surface area (Å²) in [7, 11) is 0. The molecule has 22 heavy (non-hydrogen) atoms. The summed E-state index contributed by atoms with van der Waals surface area (Å²) in [6.45, 7) is 2.36. The third-order valence-corrected chi connectivity index (χ3v) is 3.02. The summed E-state index contributed by atoms with van der Waals surface area (Å²) in [6, 6.07) is 14.1. The van der Waals surface area contributed by atoms with E-state index in [1.165, 1.54) is 0 Å². The highest BCUT2D eigenvalue weighted by Gasteiger charge is 2.12. The number of carbonyl (C=O) groups is 2. The quantitative estimate of drug-likeness (QED) is 0.859. The molecule has 0 atom stereocenters. The minimum atomic E-state index is -0.387. The Hall–Kier alpha value is -2.82. The van der Waals surface area contributed by atoms with Gasteiger partial charge in [-0.3, -0.25) is 9.59 Å². The zero-order valence-electron chi connectivity index (χ0n) is 12.3. The van der Waals surface area contributed by atoms with Crippen molar-refractivity contribution in [1.82, 2.24) is 0 Å². The van der Waals surface area contributed by atoms with Crippen LogP contribution in [0.15, 0.2) is 48.5 Å². The number of amides is 2. The van der Waals surface area contributed by atoms with E-state index >= 15 is 0 Å². The summed E-state index contributed by atoms with van der Waals surface area (Å²) >= 11 is 0. The molecule has 0 aromatic heterocycles. The standard InChI is InChI=1S/C17H18N2O3/c1-2-22-15-6-4-3-5-14(15)17(21)19-13-9-7-12(8-10-13)11-16(18)20/h3-10H,2,11H2,1H3,(H2,18,20)(H,19,21). The molecule has 0 saturated heterocycles. The molecule has 0 aliphatic carbocycles. The second-order valence-electron chi connectivity index (χ2n) is 4.72. The third kappa shape index (κ3) is 4.09. The Bertz CT molecular complexity index is 666. The minimum absolute atomic E-state index is 0.182. The second-order valence-corrected chi connectivity index (χ2v) is 4.72. The van der Waals surface area contributed by atoms with Gasteiger partial charge in [0.25, 0.3) is 5.91 Å². The molecule has 3 N–H and O–H groups in total. The highest BCUT2D eigenvalue weighted by Crippen LogP contribution is 2.20. The lowest BCUT2D eigenvalue weighted by Crippen LogP contribution is -2.15. The van der Waals surface area contributed by atoms with Crippen LogP contribution in [-0.4, -0.2) is 18.4 Å². The van der Waals surface area contributed by atoms with Gasteiger partial charge in [0.2, 0.25) is 5.91 Å². The van der Waals surface area contributed by atoms with Crippen molar-refractivity contribution in [2.45, 2.75) is 13.3 Å². The first kappa shape index (κ1) is 15.6. The maximum atomic E-state index is 12.3. The summed E-state index contributed by atoms with van der Waals surface area (Å²) in [6.07, 6.45) is 0.182. The summed E-state index contributed by atoms with van der Waals surface area (Å²) in [5.74, 6) is -0.0815. The Morgan fingerprint density at radius 2 is 1.77 bits per heavy atom. The van der Waals surface area contributed by atoms with Crippen LogP contribution < -0.4 is 15.8 Å². The number of para-hydroxylation sites is 1. The molecule has 0 bridgehead atoms. The molecule has 0 saturated carbocycles. The van der Waals surface area contributed by atoms with E-state index in [0.29, 0.717) is 23.6 Å². The van der Waals surface area contributed by atoms with Crippen molar-refractivity contribution >= 4 is 17.5 Å². The zero-order chi connectivity index (χ0) is 15.9. The summed E-state index contributed by atoms with van der Waals surface area (Å²) < 4.78 is 5.45. The Morgan fingerprint density at radius 3 is 2.41 bits per heavy atom. The van der Waals surface area contributed by atoms with Crippen LogP contribution in [0.3, 0.4) is 0 Å². The van der Waals surface area contributed by atoms with E-state index in [4.69, 9.17) is 10.5 Å². The molecule has 0 aliphatic heterocycles. The predicted molar refractivity (Wildman–Crippen MR) is 84.9 cm³/mol. The second kappa shape index (κ2) is 7.26. The number of hydrogen-bond donors (Lipinski definition) is 2. The van der Waals surface area contributed by atoms with Gasteiger partial charge in [0.15, 0.2) is 0 Å². The highest BCUT2D eigenvalue weighted by atomic mass is 16.5. The minimum Gasteiger partial charge on any atom is -0.493 e. The van der Waals surface area contributed by atoms with E-state index in [0.717, 1.165) is 5.56 Å². The number of rotatable bonds is 6. The van der Waals surface area contributed by atoms with Crippen LogP contribution in [-0.2, 0) is 11.2 Å². The Labute approximate surface area is 129 Å². The van der Waals surface area contributed by atoms with Gasteiger partial charge in [-0.05, 0) is 36.8 Å². The van der Waals surface area contributed by atoms with E-state index in [2.05, 4.69) is 5.32 Å². The van der Waals surface area contributed by atoms with Gasteiger partial charge in [0.1, 0.15) is 5.75 Å². The van der Waals surface area contributed by atoms with Crippen molar-refractivity contribution in [3.8, 4) is 5.75 Å². The van der Waals surface area contributed by atoms with Crippen molar-refractivity contribution in [3.63, 3.8) is 0 Å². The summed E-state index contributed by atoms with van der Waals surface area (Å²) in [4.78, 5) is 23.2. The monoisotopic (exact) mass is 298 g/mol. The number of nitrogens with one attached hydrogen (secondary N) is 1. The van der Waals surface area contributed by atoms with Gasteiger partial charge in [-0.1, -0.05) is 24.3 Å². The highest BCUT2D eigenvalue weighted by molar-refractivity contribution is 6.06. The first-order chi connectivity index (χ1) is 10.6. The van der Waals surface area contributed by atoms with Crippen LogP contribution in [0.5, 0.6) is 5.75 Å². The van der Waals surface area contributed by atoms with Gasteiger partial charge >= 0.3 is 0 Å². The lowest BCUT2D eigenvalue weighted by Gasteiger charge is -2.10. The first-order valence-electron chi connectivity index (χ1n) is 7.00.